The fourth-order valence-corrected chi connectivity index (χ4v) is 4.97. The van der Waals surface area contributed by atoms with E-state index >= 15 is 0 Å². The van der Waals surface area contributed by atoms with Gasteiger partial charge in [-0.3, -0.25) is 9.59 Å². The van der Waals surface area contributed by atoms with Gasteiger partial charge in [-0.15, -0.1) is 0 Å². The van der Waals surface area contributed by atoms with Gasteiger partial charge in [-0.05, 0) is 69.6 Å². The number of carbonyl (C=O) groups is 2. The number of aromatic amines is 1. The second kappa shape index (κ2) is 10.2. The molecule has 5 rings (SSSR count). The maximum absolute atomic E-state index is 13.4. The number of aromatic nitrogens is 3. The number of methoxy groups -OCH3 is 1. The largest absolute Gasteiger partial charge is 0.497 e. The molecule has 0 radical (unpaired) electrons. The minimum absolute atomic E-state index is 0.00970. The number of aryl methyl sites for hydroxylation is 1. The van der Waals surface area contributed by atoms with Gasteiger partial charge in [0.2, 0.25) is 5.91 Å². The summed E-state index contributed by atoms with van der Waals surface area (Å²) in [5, 5.41) is 6.16. The highest BCUT2D eigenvalue weighted by Gasteiger charge is 2.27. The van der Waals surface area contributed by atoms with Gasteiger partial charge in [0, 0.05) is 30.3 Å². The van der Waals surface area contributed by atoms with Crippen molar-refractivity contribution in [2.75, 3.05) is 13.7 Å². The Hall–Kier alpha value is -3.62. The van der Waals surface area contributed by atoms with Crippen molar-refractivity contribution in [2.24, 2.45) is 5.92 Å². The third kappa shape index (κ3) is 5.15. The van der Waals surface area contributed by atoms with Crippen molar-refractivity contribution in [1.82, 2.24) is 25.6 Å². The van der Waals surface area contributed by atoms with Gasteiger partial charge in [0.1, 0.15) is 29.0 Å². The molecule has 3 aromatic rings. The van der Waals surface area contributed by atoms with Crippen LogP contribution in [0, 0.1) is 12.8 Å². The molecule has 9 nitrogen and oxygen atoms in total. The summed E-state index contributed by atoms with van der Waals surface area (Å²) in [6.07, 6.45) is 7.24. The van der Waals surface area contributed by atoms with Crippen molar-refractivity contribution in [3.63, 3.8) is 0 Å². The lowest BCUT2D eigenvalue weighted by molar-refractivity contribution is -0.119. The number of ether oxygens (including phenoxy) is 2. The number of carbonyl (C=O) groups excluding carboxylic acids is 2. The fraction of sp³-hybridized carbons (Fsp3) is 0.481. The average Bonchev–Trinajstić information content (AvgIpc) is 3.63. The van der Waals surface area contributed by atoms with Gasteiger partial charge in [0.25, 0.3) is 5.91 Å². The Morgan fingerprint density at radius 1 is 1.06 bits per heavy atom. The SMILES string of the molecule is COc1ccc(OCC2CC2)c(-c2ncnc3c(C(=O)N[C@H]4CC[C@@H](NC(C)=O)CC4)c(C)[nH]c23)c1. The highest BCUT2D eigenvalue weighted by molar-refractivity contribution is 6.09. The molecular weight excluding hydrogens is 458 g/mol. The van der Waals surface area contributed by atoms with Gasteiger partial charge in [0.05, 0.1) is 24.8 Å². The van der Waals surface area contributed by atoms with E-state index < -0.39 is 0 Å². The first-order valence-corrected chi connectivity index (χ1v) is 12.7. The maximum atomic E-state index is 13.4. The molecule has 0 bridgehead atoms. The van der Waals surface area contributed by atoms with Crippen LogP contribution in [0.15, 0.2) is 24.5 Å². The van der Waals surface area contributed by atoms with Crippen molar-refractivity contribution in [3.05, 3.63) is 35.8 Å². The van der Waals surface area contributed by atoms with E-state index in [1.807, 2.05) is 25.1 Å². The number of hydrogen-bond acceptors (Lipinski definition) is 6. The highest BCUT2D eigenvalue weighted by atomic mass is 16.5. The van der Waals surface area contributed by atoms with Crippen LogP contribution in [0.2, 0.25) is 0 Å². The highest BCUT2D eigenvalue weighted by Crippen LogP contribution is 2.38. The van der Waals surface area contributed by atoms with Gasteiger partial charge in [-0.25, -0.2) is 9.97 Å². The standard InChI is InChI=1S/C27H33N5O4/c1-15-23(27(34)32-19-8-6-18(7-9-19)31-16(2)33)25-26(30-15)24(28-14-29-25)21-12-20(35-3)10-11-22(21)36-13-17-4-5-17/h10-12,14,17-19,30H,4-9,13H2,1-3H3,(H,31,33)(H,32,34)/t18-,19+. The molecule has 0 atom stereocenters. The zero-order valence-corrected chi connectivity index (χ0v) is 21.0. The molecule has 9 heteroatoms. The van der Waals surface area contributed by atoms with Gasteiger partial charge >= 0.3 is 0 Å². The maximum Gasteiger partial charge on any atom is 0.255 e. The van der Waals surface area contributed by atoms with E-state index in [9.17, 15) is 9.59 Å². The molecule has 0 unspecified atom stereocenters. The first kappa shape index (κ1) is 24.1. The number of H-pyrrole nitrogens is 1. The molecule has 0 spiro atoms. The second-order valence-corrected chi connectivity index (χ2v) is 9.91. The number of fused-ring (bicyclic) bond motifs is 1. The molecule has 2 aliphatic rings. The van der Waals surface area contributed by atoms with Crippen LogP contribution < -0.4 is 20.1 Å². The summed E-state index contributed by atoms with van der Waals surface area (Å²) in [4.78, 5) is 37.1. The number of nitrogens with one attached hydrogen (secondary N) is 3. The summed E-state index contributed by atoms with van der Waals surface area (Å²) < 4.78 is 11.6. The second-order valence-electron chi connectivity index (χ2n) is 9.91. The summed E-state index contributed by atoms with van der Waals surface area (Å²) >= 11 is 0. The predicted octanol–water partition coefficient (Wildman–Crippen LogP) is 3.91. The summed E-state index contributed by atoms with van der Waals surface area (Å²) in [6.45, 7) is 4.09. The van der Waals surface area contributed by atoms with Crippen molar-refractivity contribution >= 4 is 22.8 Å². The number of nitrogens with zero attached hydrogens (tertiary/aromatic N) is 2. The molecule has 2 saturated carbocycles. The Bertz CT molecular complexity index is 1270. The van der Waals surface area contributed by atoms with Crippen molar-refractivity contribution in [1.29, 1.82) is 0 Å². The van der Waals surface area contributed by atoms with Gasteiger partial charge < -0.3 is 25.1 Å². The zero-order chi connectivity index (χ0) is 25.2. The molecule has 36 heavy (non-hydrogen) atoms. The van der Waals surface area contributed by atoms with Crippen LogP contribution in [-0.4, -0.2) is 52.6 Å². The normalized spacial score (nSPS) is 19.6. The number of benzene rings is 1. The molecule has 2 fully saturated rings. The van der Waals surface area contributed by atoms with Crippen molar-refractivity contribution in [3.8, 4) is 22.8 Å². The molecule has 2 amide bonds. The Morgan fingerprint density at radius 3 is 2.44 bits per heavy atom. The van der Waals surface area contributed by atoms with Gasteiger partial charge in [0.15, 0.2) is 0 Å². The topological polar surface area (TPSA) is 118 Å². The summed E-state index contributed by atoms with van der Waals surface area (Å²) in [5.41, 5.74) is 4.01. The quantitative estimate of drug-likeness (QED) is 0.440. The molecule has 2 aliphatic carbocycles. The molecule has 1 aromatic carbocycles. The summed E-state index contributed by atoms with van der Waals surface area (Å²) in [7, 11) is 1.63. The van der Waals surface area contributed by atoms with Crippen LogP contribution >= 0.6 is 0 Å². The smallest absolute Gasteiger partial charge is 0.255 e. The minimum atomic E-state index is -0.151. The van der Waals surface area contributed by atoms with Crippen LogP contribution in [0.1, 0.15) is 61.5 Å². The Morgan fingerprint density at radius 2 is 1.78 bits per heavy atom. The Kier molecular flexibility index (Phi) is 6.80. The lowest BCUT2D eigenvalue weighted by atomic mass is 9.91. The van der Waals surface area contributed by atoms with Gasteiger partial charge in [-0.1, -0.05) is 0 Å². The molecule has 0 aliphatic heterocycles. The minimum Gasteiger partial charge on any atom is -0.497 e. The predicted molar refractivity (Wildman–Crippen MR) is 136 cm³/mol. The Balaban J connectivity index is 1.41. The van der Waals surface area contributed by atoms with Crippen LogP contribution in [0.5, 0.6) is 11.5 Å². The molecular formula is C27H33N5O4. The molecule has 3 N–H and O–H groups in total. The molecule has 2 aromatic heterocycles. The van der Waals surface area contributed by atoms with Crippen molar-refractivity contribution < 1.29 is 19.1 Å². The van der Waals surface area contributed by atoms with Crippen LogP contribution in [0.3, 0.4) is 0 Å². The zero-order valence-electron chi connectivity index (χ0n) is 21.0. The van der Waals surface area contributed by atoms with E-state index in [2.05, 4.69) is 25.6 Å². The fourth-order valence-electron chi connectivity index (χ4n) is 4.97. The van der Waals surface area contributed by atoms with Crippen LogP contribution in [-0.2, 0) is 4.79 Å². The molecule has 2 heterocycles. The van der Waals surface area contributed by atoms with Crippen LogP contribution in [0.4, 0.5) is 0 Å². The summed E-state index contributed by atoms with van der Waals surface area (Å²) in [5.74, 6) is 1.89. The first-order valence-electron chi connectivity index (χ1n) is 12.7. The first-order chi connectivity index (χ1) is 17.4. The monoisotopic (exact) mass is 491 g/mol. The number of amides is 2. The lowest BCUT2D eigenvalue weighted by Crippen LogP contribution is -2.43. The van der Waals surface area contributed by atoms with Gasteiger partial charge in [-0.2, -0.15) is 0 Å². The number of hydrogen-bond donors (Lipinski definition) is 3. The summed E-state index contributed by atoms with van der Waals surface area (Å²) in [6, 6.07) is 5.94. The van der Waals surface area contributed by atoms with E-state index in [1.54, 1.807) is 7.11 Å². The van der Waals surface area contributed by atoms with E-state index in [-0.39, 0.29) is 23.9 Å². The third-order valence-electron chi connectivity index (χ3n) is 7.08. The lowest BCUT2D eigenvalue weighted by Gasteiger charge is -2.29. The number of rotatable bonds is 8. The average molecular weight is 492 g/mol. The molecule has 190 valence electrons. The van der Waals surface area contributed by atoms with Crippen LogP contribution in [0.25, 0.3) is 22.3 Å². The third-order valence-corrected chi connectivity index (χ3v) is 7.08. The molecule has 0 saturated heterocycles. The van der Waals surface area contributed by atoms with E-state index in [0.29, 0.717) is 40.6 Å². The Labute approximate surface area is 210 Å². The van der Waals surface area contributed by atoms with E-state index in [1.165, 1.54) is 26.1 Å². The van der Waals surface area contributed by atoms with E-state index in [0.717, 1.165) is 42.7 Å². The van der Waals surface area contributed by atoms with Crippen molar-refractivity contribution in [2.45, 2.75) is 64.5 Å². The van der Waals surface area contributed by atoms with E-state index in [4.69, 9.17) is 9.47 Å².